The van der Waals surface area contributed by atoms with Crippen LogP contribution in [0.1, 0.15) is 49.8 Å². The summed E-state index contributed by atoms with van der Waals surface area (Å²) in [7, 11) is -1.98. The van der Waals surface area contributed by atoms with Gasteiger partial charge in [0.15, 0.2) is 0 Å². The third-order valence-electron chi connectivity index (χ3n) is 5.50. The molecule has 0 saturated carbocycles. The maximum absolute atomic E-state index is 13.0. The van der Waals surface area contributed by atoms with Gasteiger partial charge >= 0.3 is 0 Å². The molecule has 2 aromatic carbocycles. The van der Waals surface area contributed by atoms with E-state index in [1.165, 1.54) is 0 Å². The van der Waals surface area contributed by atoms with Gasteiger partial charge in [-0.05, 0) is 55.5 Å². The molecule has 1 atom stereocenters. The van der Waals surface area contributed by atoms with E-state index < -0.39 is 10.0 Å². The topological polar surface area (TPSA) is 75.7 Å². The van der Waals surface area contributed by atoms with Gasteiger partial charge in [-0.3, -0.25) is 4.79 Å². The summed E-state index contributed by atoms with van der Waals surface area (Å²) in [6.07, 6.45) is 3.50. The molecule has 0 spiro atoms. The smallest absolute Gasteiger partial charge is 0.243 e. The molecular weight excluding hydrogens is 400 g/mol. The molecule has 6 nitrogen and oxygen atoms in total. The van der Waals surface area contributed by atoms with Crippen molar-refractivity contribution in [1.82, 2.24) is 9.62 Å². The number of aryl methyl sites for hydroxylation is 1. The number of carbonyl (C=O) groups excluding carboxylic acids is 1. The second-order valence-electron chi connectivity index (χ2n) is 7.64. The van der Waals surface area contributed by atoms with Crippen molar-refractivity contribution in [3.63, 3.8) is 0 Å². The second-order valence-corrected chi connectivity index (χ2v) is 9.58. The predicted octanol–water partition coefficient (Wildman–Crippen LogP) is 3.68. The third-order valence-corrected chi connectivity index (χ3v) is 7.40. The lowest BCUT2D eigenvalue weighted by molar-refractivity contribution is -0.121. The minimum Gasteiger partial charge on any atom is -0.496 e. The van der Waals surface area contributed by atoms with Gasteiger partial charge in [0.05, 0.1) is 18.0 Å². The van der Waals surface area contributed by atoms with E-state index >= 15 is 0 Å². The molecule has 0 aromatic heterocycles. The molecule has 3 rings (SSSR count). The number of methoxy groups -OCH3 is 1. The SMILES string of the molecule is COc1ccc(S(=O)(=O)N2CCCCC2)cc1CCC(=O)N[C@@H](C)c1ccccc1. The van der Waals surface area contributed by atoms with Gasteiger partial charge in [0, 0.05) is 19.5 Å². The number of nitrogens with zero attached hydrogens (tertiary/aromatic N) is 1. The Balaban J connectivity index is 1.69. The largest absolute Gasteiger partial charge is 0.496 e. The highest BCUT2D eigenvalue weighted by atomic mass is 32.2. The normalized spacial score (nSPS) is 16.1. The van der Waals surface area contributed by atoms with Gasteiger partial charge in [0.2, 0.25) is 15.9 Å². The molecule has 0 bridgehead atoms. The first-order chi connectivity index (χ1) is 14.4. The van der Waals surface area contributed by atoms with Crippen LogP contribution in [0.2, 0.25) is 0 Å². The van der Waals surface area contributed by atoms with E-state index in [2.05, 4.69) is 5.32 Å². The molecule has 2 aromatic rings. The zero-order valence-electron chi connectivity index (χ0n) is 17.6. The van der Waals surface area contributed by atoms with E-state index in [4.69, 9.17) is 4.74 Å². The highest BCUT2D eigenvalue weighted by Gasteiger charge is 2.26. The van der Waals surface area contributed by atoms with Gasteiger partial charge in [0.1, 0.15) is 5.75 Å². The summed E-state index contributed by atoms with van der Waals surface area (Å²) in [6, 6.07) is 14.6. The maximum atomic E-state index is 13.0. The van der Waals surface area contributed by atoms with Crippen LogP contribution in [0.25, 0.3) is 0 Å². The van der Waals surface area contributed by atoms with Crippen LogP contribution in [0.3, 0.4) is 0 Å². The van der Waals surface area contributed by atoms with Crippen LogP contribution in [-0.4, -0.2) is 38.8 Å². The molecule has 0 aliphatic carbocycles. The van der Waals surface area contributed by atoms with Crippen LogP contribution < -0.4 is 10.1 Å². The van der Waals surface area contributed by atoms with E-state index in [9.17, 15) is 13.2 Å². The molecule has 0 unspecified atom stereocenters. The first-order valence-electron chi connectivity index (χ1n) is 10.4. The number of hydrogen-bond donors (Lipinski definition) is 1. The zero-order valence-corrected chi connectivity index (χ0v) is 18.5. The van der Waals surface area contributed by atoms with Crippen molar-refractivity contribution in [2.24, 2.45) is 0 Å². The standard InChI is InChI=1S/C23H30N2O4S/c1-18(19-9-5-3-6-10-19)24-23(26)14-11-20-17-21(12-13-22(20)29-2)30(27,28)25-15-7-4-8-16-25/h3,5-6,9-10,12-13,17-18H,4,7-8,11,14-16H2,1-2H3,(H,24,26)/t18-/m0/s1. The van der Waals surface area contributed by atoms with Crippen molar-refractivity contribution in [1.29, 1.82) is 0 Å². The van der Waals surface area contributed by atoms with Gasteiger partial charge < -0.3 is 10.1 Å². The fourth-order valence-electron chi connectivity index (χ4n) is 3.75. The number of ether oxygens (including phenoxy) is 1. The molecule has 1 heterocycles. The predicted molar refractivity (Wildman–Crippen MR) is 117 cm³/mol. The van der Waals surface area contributed by atoms with Crippen molar-refractivity contribution in [2.75, 3.05) is 20.2 Å². The summed E-state index contributed by atoms with van der Waals surface area (Å²) in [5.41, 5.74) is 1.76. The summed E-state index contributed by atoms with van der Waals surface area (Å²) < 4.78 is 32.9. The number of rotatable bonds is 8. The fraction of sp³-hybridized carbons (Fsp3) is 0.435. The Bertz CT molecular complexity index is 954. The molecule has 0 radical (unpaired) electrons. The average Bonchev–Trinajstić information content (AvgIpc) is 2.78. The molecule has 1 aliphatic heterocycles. The van der Waals surface area contributed by atoms with Crippen molar-refractivity contribution in [2.45, 2.75) is 50.0 Å². The van der Waals surface area contributed by atoms with Crippen molar-refractivity contribution >= 4 is 15.9 Å². The molecule has 1 N–H and O–H groups in total. The third kappa shape index (κ3) is 5.40. The number of amides is 1. The maximum Gasteiger partial charge on any atom is 0.243 e. The van der Waals surface area contributed by atoms with Gasteiger partial charge in [-0.2, -0.15) is 4.31 Å². The highest BCUT2D eigenvalue weighted by Crippen LogP contribution is 2.27. The van der Waals surface area contributed by atoms with E-state index in [1.54, 1.807) is 29.6 Å². The number of sulfonamides is 1. The van der Waals surface area contributed by atoms with Crippen LogP contribution in [0.4, 0.5) is 0 Å². The lowest BCUT2D eigenvalue weighted by atomic mass is 10.1. The summed E-state index contributed by atoms with van der Waals surface area (Å²) in [4.78, 5) is 12.7. The lowest BCUT2D eigenvalue weighted by Crippen LogP contribution is -2.35. The Morgan fingerprint density at radius 3 is 2.47 bits per heavy atom. The van der Waals surface area contributed by atoms with Crippen molar-refractivity contribution in [3.05, 3.63) is 59.7 Å². The molecule has 1 saturated heterocycles. The Hall–Kier alpha value is -2.38. The van der Waals surface area contributed by atoms with Crippen LogP contribution in [0.15, 0.2) is 53.4 Å². The van der Waals surface area contributed by atoms with E-state index in [0.717, 1.165) is 30.4 Å². The number of nitrogens with one attached hydrogen (secondary N) is 1. The molecule has 1 fully saturated rings. The van der Waals surface area contributed by atoms with E-state index in [-0.39, 0.29) is 23.3 Å². The Morgan fingerprint density at radius 2 is 1.80 bits per heavy atom. The quantitative estimate of drug-likeness (QED) is 0.693. The monoisotopic (exact) mass is 430 g/mol. The molecule has 30 heavy (non-hydrogen) atoms. The number of carbonyl (C=O) groups is 1. The summed E-state index contributed by atoms with van der Waals surface area (Å²) in [5.74, 6) is 0.509. The van der Waals surface area contributed by atoms with Crippen LogP contribution in [0, 0.1) is 0 Å². The lowest BCUT2D eigenvalue weighted by Gasteiger charge is -2.26. The number of benzene rings is 2. The van der Waals surface area contributed by atoms with Gasteiger partial charge in [-0.15, -0.1) is 0 Å². The van der Waals surface area contributed by atoms with Gasteiger partial charge in [-0.1, -0.05) is 36.8 Å². The number of piperidine rings is 1. The molecule has 162 valence electrons. The van der Waals surface area contributed by atoms with Crippen molar-refractivity contribution < 1.29 is 17.9 Å². The average molecular weight is 431 g/mol. The Kier molecular flexibility index (Phi) is 7.50. The van der Waals surface area contributed by atoms with E-state index in [1.807, 2.05) is 37.3 Å². The second kappa shape index (κ2) is 10.1. The van der Waals surface area contributed by atoms with Crippen molar-refractivity contribution in [3.8, 4) is 5.75 Å². The highest BCUT2D eigenvalue weighted by molar-refractivity contribution is 7.89. The first-order valence-corrected chi connectivity index (χ1v) is 11.9. The van der Waals surface area contributed by atoms with Crippen LogP contribution >= 0.6 is 0 Å². The zero-order chi connectivity index (χ0) is 21.6. The van der Waals surface area contributed by atoms with Crippen LogP contribution in [-0.2, 0) is 21.2 Å². The Morgan fingerprint density at radius 1 is 1.10 bits per heavy atom. The number of hydrogen-bond acceptors (Lipinski definition) is 4. The molecule has 1 amide bonds. The minimum atomic E-state index is -3.53. The first kappa shape index (κ1) is 22.3. The van der Waals surface area contributed by atoms with E-state index in [0.29, 0.717) is 25.3 Å². The molecular formula is C23H30N2O4S. The molecule has 1 aliphatic rings. The fourth-order valence-corrected chi connectivity index (χ4v) is 5.32. The minimum absolute atomic E-state index is 0.0855. The summed E-state index contributed by atoms with van der Waals surface area (Å²) in [5, 5.41) is 2.99. The van der Waals surface area contributed by atoms with Crippen LogP contribution in [0.5, 0.6) is 5.75 Å². The summed E-state index contributed by atoms with van der Waals surface area (Å²) in [6.45, 7) is 3.06. The van der Waals surface area contributed by atoms with Gasteiger partial charge in [0.25, 0.3) is 0 Å². The Labute approximate surface area is 179 Å². The molecule has 7 heteroatoms. The van der Waals surface area contributed by atoms with Gasteiger partial charge in [-0.25, -0.2) is 8.42 Å². The summed E-state index contributed by atoms with van der Waals surface area (Å²) >= 11 is 0.